The van der Waals surface area contributed by atoms with Crippen LogP contribution >= 0.6 is 0 Å². The first-order valence-electron chi connectivity index (χ1n) is 10.4. The van der Waals surface area contributed by atoms with Gasteiger partial charge in [0.2, 0.25) is 5.91 Å². The van der Waals surface area contributed by atoms with Crippen molar-refractivity contribution in [3.05, 3.63) is 17.0 Å². The molecule has 3 fully saturated rings. The van der Waals surface area contributed by atoms with E-state index in [-0.39, 0.29) is 5.91 Å². The molecule has 4 heterocycles. The van der Waals surface area contributed by atoms with Crippen molar-refractivity contribution >= 4 is 11.8 Å². The van der Waals surface area contributed by atoms with Crippen LogP contribution in [0.1, 0.15) is 66.7 Å². The standard InChI is InChI=1S/C20H28N4O2/c25-18-8-4-7-17-14-9-13(11-24(17)18)10-23(12-14)20(26)19-15-5-2-1-3-6-16(15)21-22-19/h13-14,17H,1-12H2,(H,21,22). The Balaban J connectivity index is 1.36. The molecule has 6 nitrogen and oxygen atoms in total. The van der Waals surface area contributed by atoms with Crippen LogP contribution in [-0.4, -0.2) is 57.5 Å². The minimum Gasteiger partial charge on any atom is -0.339 e. The molecule has 3 saturated heterocycles. The molecule has 1 aromatic heterocycles. The van der Waals surface area contributed by atoms with E-state index in [0.717, 1.165) is 63.7 Å². The molecule has 26 heavy (non-hydrogen) atoms. The van der Waals surface area contributed by atoms with E-state index in [1.807, 2.05) is 4.90 Å². The van der Waals surface area contributed by atoms with Gasteiger partial charge in [0.1, 0.15) is 0 Å². The highest BCUT2D eigenvalue weighted by molar-refractivity contribution is 5.94. The van der Waals surface area contributed by atoms with E-state index in [4.69, 9.17) is 0 Å². The van der Waals surface area contributed by atoms with Crippen molar-refractivity contribution in [2.45, 2.75) is 63.8 Å². The van der Waals surface area contributed by atoms with Crippen molar-refractivity contribution in [1.29, 1.82) is 0 Å². The average molecular weight is 356 g/mol. The zero-order valence-corrected chi connectivity index (χ0v) is 15.4. The summed E-state index contributed by atoms with van der Waals surface area (Å²) >= 11 is 0. The van der Waals surface area contributed by atoms with E-state index in [2.05, 4.69) is 15.1 Å². The molecular formula is C20H28N4O2. The number of nitrogens with zero attached hydrogens (tertiary/aromatic N) is 3. The summed E-state index contributed by atoms with van der Waals surface area (Å²) in [5, 5.41) is 7.56. The molecule has 5 rings (SSSR count). The smallest absolute Gasteiger partial charge is 0.274 e. The van der Waals surface area contributed by atoms with Crippen LogP contribution in [0, 0.1) is 11.8 Å². The second kappa shape index (κ2) is 6.39. The van der Waals surface area contributed by atoms with E-state index in [0.29, 0.717) is 35.9 Å². The largest absolute Gasteiger partial charge is 0.339 e. The van der Waals surface area contributed by atoms with Crippen molar-refractivity contribution in [1.82, 2.24) is 20.0 Å². The number of aromatic nitrogens is 2. The van der Waals surface area contributed by atoms with Gasteiger partial charge in [-0.2, -0.15) is 5.10 Å². The van der Waals surface area contributed by atoms with Crippen LogP contribution in [0.4, 0.5) is 0 Å². The highest BCUT2D eigenvalue weighted by Crippen LogP contribution is 2.38. The number of rotatable bonds is 1. The van der Waals surface area contributed by atoms with Gasteiger partial charge >= 0.3 is 0 Å². The predicted octanol–water partition coefficient (Wildman–Crippen LogP) is 2.15. The van der Waals surface area contributed by atoms with Crippen molar-refractivity contribution in [2.24, 2.45) is 11.8 Å². The van der Waals surface area contributed by atoms with Gasteiger partial charge in [-0.05, 0) is 56.8 Å². The van der Waals surface area contributed by atoms with Gasteiger partial charge in [0.05, 0.1) is 0 Å². The van der Waals surface area contributed by atoms with Crippen molar-refractivity contribution in [3.63, 3.8) is 0 Å². The van der Waals surface area contributed by atoms with E-state index < -0.39 is 0 Å². The molecule has 3 atom stereocenters. The number of hydrogen-bond donors (Lipinski definition) is 1. The maximum absolute atomic E-state index is 13.3. The van der Waals surface area contributed by atoms with Gasteiger partial charge in [-0.15, -0.1) is 0 Å². The number of H-pyrrole nitrogens is 1. The quantitative estimate of drug-likeness (QED) is 0.784. The molecule has 1 N–H and O–H groups in total. The SMILES string of the molecule is O=C(c1n[nH]c2c1CCCCC2)N1CC2CC(C1)C1CCCC(=O)N1C2. The molecule has 1 aromatic rings. The monoisotopic (exact) mass is 356 g/mol. The fourth-order valence-electron chi connectivity index (χ4n) is 5.76. The molecule has 2 bridgehead atoms. The Labute approximate surface area is 154 Å². The number of hydrogen-bond acceptors (Lipinski definition) is 3. The van der Waals surface area contributed by atoms with Gasteiger partial charge in [0.25, 0.3) is 5.91 Å². The summed E-state index contributed by atoms with van der Waals surface area (Å²) in [6.07, 6.45) is 9.52. The van der Waals surface area contributed by atoms with Gasteiger partial charge in [0, 0.05) is 43.4 Å². The Bertz CT molecular complexity index is 727. The van der Waals surface area contributed by atoms with Crippen molar-refractivity contribution in [2.75, 3.05) is 19.6 Å². The third-order valence-corrected chi connectivity index (χ3v) is 6.98. The molecule has 2 amide bonds. The van der Waals surface area contributed by atoms with E-state index >= 15 is 0 Å². The molecule has 4 aliphatic rings. The van der Waals surface area contributed by atoms with E-state index in [1.54, 1.807) is 0 Å². The second-order valence-electron chi connectivity index (χ2n) is 8.67. The summed E-state index contributed by atoms with van der Waals surface area (Å²) in [7, 11) is 0. The Morgan fingerprint density at radius 1 is 1.04 bits per heavy atom. The molecule has 3 unspecified atom stereocenters. The first-order valence-corrected chi connectivity index (χ1v) is 10.4. The maximum atomic E-state index is 13.3. The fraction of sp³-hybridized carbons (Fsp3) is 0.750. The number of nitrogens with one attached hydrogen (secondary N) is 1. The van der Waals surface area contributed by atoms with Crippen LogP contribution < -0.4 is 0 Å². The number of carbonyl (C=O) groups excluding carboxylic acids is 2. The molecule has 3 aliphatic heterocycles. The van der Waals surface area contributed by atoms with Crippen LogP contribution in [0.2, 0.25) is 0 Å². The fourth-order valence-corrected chi connectivity index (χ4v) is 5.76. The number of carbonyl (C=O) groups is 2. The lowest BCUT2D eigenvalue weighted by molar-refractivity contribution is -0.144. The topological polar surface area (TPSA) is 69.3 Å². The predicted molar refractivity (Wildman–Crippen MR) is 96.7 cm³/mol. The minimum atomic E-state index is 0.106. The molecule has 0 spiro atoms. The number of aromatic amines is 1. The minimum absolute atomic E-state index is 0.106. The third-order valence-electron chi connectivity index (χ3n) is 6.98. The summed E-state index contributed by atoms with van der Waals surface area (Å²) in [5.74, 6) is 1.30. The number of amides is 2. The van der Waals surface area contributed by atoms with Crippen molar-refractivity contribution < 1.29 is 9.59 Å². The molecule has 0 radical (unpaired) electrons. The van der Waals surface area contributed by atoms with Gasteiger partial charge in [0.15, 0.2) is 5.69 Å². The highest BCUT2D eigenvalue weighted by atomic mass is 16.2. The lowest BCUT2D eigenvalue weighted by Crippen LogP contribution is -2.61. The number of piperidine rings is 3. The van der Waals surface area contributed by atoms with Crippen LogP contribution in [0.25, 0.3) is 0 Å². The normalized spacial score (nSPS) is 31.2. The number of likely N-dealkylation sites (tertiary alicyclic amines) is 1. The Morgan fingerprint density at radius 3 is 2.85 bits per heavy atom. The number of fused-ring (bicyclic) bond motifs is 5. The average Bonchev–Trinajstić information content (AvgIpc) is 2.90. The van der Waals surface area contributed by atoms with E-state index in [1.165, 1.54) is 18.5 Å². The molecule has 6 heteroatoms. The summed E-state index contributed by atoms with van der Waals surface area (Å²) in [6.45, 7) is 2.39. The highest BCUT2D eigenvalue weighted by Gasteiger charge is 2.45. The molecular weight excluding hydrogens is 328 g/mol. The molecule has 0 aromatic carbocycles. The van der Waals surface area contributed by atoms with E-state index in [9.17, 15) is 9.59 Å². The van der Waals surface area contributed by atoms with Crippen LogP contribution in [0.15, 0.2) is 0 Å². The van der Waals surface area contributed by atoms with Crippen LogP contribution in [0.5, 0.6) is 0 Å². The molecule has 1 aliphatic carbocycles. The lowest BCUT2D eigenvalue weighted by atomic mass is 9.76. The Morgan fingerprint density at radius 2 is 1.92 bits per heavy atom. The van der Waals surface area contributed by atoms with Gasteiger partial charge in [-0.25, -0.2) is 0 Å². The third kappa shape index (κ3) is 2.65. The Hall–Kier alpha value is -1.85. The second-order valence-corrected chi connectivity index (χ2v) is 8.67. The molecule has 0 saturated carbocycles. The number of aryl methyl sites for hydroxylation is 1. The van der Waals surface area contributed by atoms with Gasteiger partial charge in [-0.3, -0.25) is 14.7 Å². The lowest BCUT2D eigenvalue weighted by Gasteiger charge is -2.52. The summed E-state index contributed by atoms with van der Waals surface area (Å²) < 4.78 is 0. The first kappa shape index (κ1) is 16.3. The molecule has 140 valence electrons. The van der Waals surface area contributed by atoms with Gasteiger partial charge < -0.3 is 9.80 Å². The maximum Gasteiger partial charge on any atom is 0.274 e. The zero-order chi connectivity index (χ0) is 17.7. The summed E-state index contributed by atoms with van der Waals surface area (Å²) in [5.41, 5.74) is 3.00. The van der Waals surface area contributed by atoms with Gasteiger partial charge in [-0.1, -0.05) is 6.42 Å². The first-order chi connectivity index (χ1) is 12.7. The zero-order valence-electron chi connectivity index (χ0n) is 15.4. The Kier molecular flexibility index (Phi) is 4.02. The summed E-state index contributed by atoms with van der Waals surface area (Å²) in [4.78, 5) is 29.7. The summed E-state index contributed by atoms with van der Waals surface area (Å²) in [6, 6.07) is 0.347. The van der Waals surface area contributed by atoms with Crippen LogP contribution in [-0.2, 0) is 17.6 Å². The van der Waals surface area contributed by atoms with Crippen LogP contribution in [0.3, 0.4) is 0 Å². The van der Waals surface area contributed by atoms with Crippen molar-refractivity contribution in [3.8, 4) is 0 Å².